The Morgan fingerprint density at radius 3 is 2.07 bits per heavy atom. The van der Waals surface area contributed by atoms with Gasteiger partial charge in [-0.1, -0.05) is 0 Å². The normalized spacial score (nSPS) is 10.8. The topological polar surface area (TPSA) is 60.0 Å². The molecule has 0 aliphatic rings. The first kappa shape index (κ1) is 14.8. The van der Waals surface area contributed by atoms with Crippen molar-refractivity contribution in [3.05, 3.63) is 0 Å². The zero-order chi connectivity index (χ0) is 11.2. The molecule has 0 bridgehead atoms. The van der Waals surface area contributed by atoms with E-state index in [1.807, 2.05) is 6.92 Å². The van der Waals surface area contributed by atoms with Crippen molar-refractivity contribution in [3.8, 4) is 0 Å². The molecule has 0 unspecified atom stereocenters. The second-order valence-corrected chi connectivity index (χ2v) is 2.90. The molecule has 0 aromatic rings. The van der Waals surface area contributed by atoms with Crippen molar-refractivity contribution in [2.45, 2.75) is 6.92 Å². The van der Waals surface area contributed by atoms with E-state index in [2.05, 4.69) is 5.32 Å². The lowest BCUT2D eigenvalue weighted by Gasteiger charge is -2.06. The van der Waals surface area contributed by atoms with Crippen molar-refractivity contribution < 1.29 is 19.3 Å². The fraction of sp³-hybridized carbons (Fsp3) is 1.00. The van der Waals surface area contributed by atoms with E-state index >= 15 is 0 Å². The number of rotatable bonds is 12. The molecular weight excluding hydrogens is 198 g/mol. The van der Waals surface area contributed by atoms with Gasteiger partial charge in [0.1, 0.15) is 0 Å². The third kappa shape index (κ3) is 13.8. The molecule has 0 saturated heterocycles. The highest BCUT2D eigenvalue weighted by Crippen LogP contribution is 1.77. The van der Waals surface area contributed by atoms with Crippen LogP contribution in [0.25, 0.3) is 0 Å². The molecule has 0 radical (unpaired) electrons. The van der Waals surface area contributed by atoms with E-state index in [9.17, 15) is 0 Å². The van der Waals surface area contributed by atoms with Gasteiger partial charge >= 0.3 is 0 Å². The molecule has 0 aliphatic heterocycles. The summed E-state index contributed by atoms with van der Waals surface area (Å²) in [5.41, 5.74) is 0. The molecule has 5 heteroatoms. The quantitative estimate of drug-likeness (QED) is 0.441. The van der Waals surface area contributed by atoms with Crippen LogP contribution in [0.1, 0.15) is 6.92 Å². The van der Waals surface area contributed by atoms with Gasteiger partial charge in [-0.2, -0.15) is 0 Å². The first-order valence-corrected chi connectivity index (χ1v) is 5.46. The monoisotopic (exact) mass is 221 g/mol. The van der Waals surface area contributed by atoms with Gasteiger partial charge < -0.3 is 24.6 Å². The fourth-order valence-electron chi connectivity index (χ4n) is 0.945. The predicted octanol–water partition coefficient (Wildman–Crippen LogP) is -0.362. The van der Waals surface area contributed by atoms with E-state index in [1.54, 1.807) is 0 Å². The minimum atomic E-state index is 0.0839. The third-order valence-corrected chi connectivity index (χ3v) is 1.66. The van der Waals surface area contributed by atoms with Gasteiger partial charge in [0.15, 0.2) is 0 Å². The predicted molar refractivity (Wildman–Crippen MR) is 58.1 cm³/mol. The zero-order valence-electron chi connectivity index (χ0n) is 9.54. The fourth-order valence-corrected chi connectivity index (χ4v) is 0.945. The van der Waals surface area contributed by atoms with Crippen molar-refractivity contribution in [2.75, 3.05) is 59.3 Å². The highest BCUT2D eigenvalue weighted by molar-refractivity contribution is 4.44. The molecule has 0 atom stereocenters. The second kappa shape index (κ2) is 13.8. The summed E-state index contributed by atoms with van der Waals surface area (Å²) >= 11 is 0. The lowest BCUT2D eigenvalue weighted by atomic mass is 10.6. The Morgan fingerprint density at radius 2 is 1.47 bits per heavy atom. The molecule has 0 saturated carbocycles. The number of ether oxygens (including phenoxy) is 3. The minimum absolute atomic E-state index is 0.0839. The summed E-state index contributed by atoms with van der Waals surface area (Å²) in [6.07, 6.45) is 0. The summed E-state index contributed by atoms with van der Waals surface area (Å²) < 4.78 is 15.5. The van der Waals surface area contributed by atoms with Gasteiger partial charge in [-0.25, -0.2) is 0 Å². The van der Waals surface area contributed by atoms with Crippen molar-refractivity contribution >= 4 is 0 Å². The van der Waals surface area contributed by atoms with Gasteiger partial charge in [0.25, 0.3) is 0 Å². The van der Waals surface area contributed by atoms with Crippen molar-refractivity contribution in [3.63, 3.8) is 0 Å². The molecule has 0 rings (SSSR count). The van der Waals surface area contributed by atoms with E-state index in [-0.39, 0.29) is 6.61 Å². The Morgan fingerprint density at radius 1 is 0.867 bits per heavy atom. The van der Waals surface area contributed by atoms with Crippen molar-refractivity contribution in [1.29, 1.82) is 0 Å². The van der Waals surface area contributed by atoms with Crippen LogP contribution >= 0.6 is 0 Å². The highest BCUT2D eigenvalue weighted by atomic mass is 16.5. The number of aliphatic hydroxyl groups excluding tert-OH is 1. The Kier molecular flexibility index (Phi) is 13.6. The van der Waals surface area contributed by atoms with Gasteiger partial charge in [0.2, 0.25) is 0 Å². The molecule has 0 amide bonds. The molecule has 0 heterocycles. The maximum Gasteiger partial charge on any atom is 0.0701 e. The number of nitrogens with one attached hydrogen (secondary N) is 1. The lowest BCUT2D eigenvalue weighted by Crippen LogP contribution is -2.25. The first-order valence-electron chi connectivity index (χ1n) is 5.46. The summed E-state index contributed by atoms with van der Waals surface area (Å²) in [7, 11) is 0. The highest BCUT2D eigenvalue weighted by Gasteiger charge is 1.90. The van der Waals surface area contributed by atoms with Gasteiger partial charge in [-0.05, 0) is 6.92 Å². The van der Waals surface area contributed by atoms with Crippen LogP contribution in [-0.4, -0.2) is 64.4 Å². The molecule has 0 aliphatic carbocycles. The van der Waals surface area contributed by atoms with E-state index in [0.717, 1.165) is 19.7 Å². The zero-order valence-corrected chi connectivity index (χ0v) is 9.54. The second-order valence-electron chi connectivity index (χ2n) is 2.90. The van der Waals surface area contributed by atoms with Gasteiger partial charge in [0, 0.05) is 19.7 Å². The van der Waals surface area contributed by atoms with Crippen LogP contribution in [0.5, 0.6) is 0 Å². The first-order chi connectivity index (χ1) is 7.41. The van der Waals surface area contributed by atoms with Crippen LogP contribution in [0.2, 0.25) is 0 Å². The van der Waals surface area contributed by atoms with E-state index in [4.69, 9.17) is 19.3 Å². The van der Waals surface area contributed by atoms with Crippen LogP contribution in [0.4, 0.5) is 0 Å². The molecule has 0 spiro atoms. The Hall–Kier alpha value is -0.200. The van der Waals surface area contributed by atoms with Crippen molar-refractivity contribution in [2.24, 2.45) is 0 Å². The Labute approximate surface area is 91.7 Å². The molecular formula is C10H23NO4. The maximum atomic E-state index is 8.43. The van der Waals surface area contributed by atoms with Crippen LogP contribution in [-0.2, 0) is 14.2 Å². The lowest BCUT2D eigenvalue weighted by molar-refractivity contribution is 0.0526. The molecule has 0 aromatic heterocycles. The van der Waals surface area contributed by atoms with Crippen LogP contribution in [0.15, 0.2) is 0 Å². The van der Waals surface area contributed by atoms with Gasteiger partial charge in [-0.3, -0.25) is 0 Å². The average molecular weight is 221 g/mol. The Bertz CT molecular complexity index is 102. The maximum absolute atomic E-state index is 8.43. The standard InChI is InChI=1S/C10H23NO4/c1-2-13-9-10-15-7-4-11-3-6-14-8-5-12/h11-12H,2-10H2,1H3. The Balaban J connectivity index is 2.81. The average Bonchev–Trinajstić information content (AvgIpc) is 2.26. The molecule has 2 N–H and O–H groups in total. The van der Waals surface area contributed by atoms with Gasteiger partial charge in [0.05, 0.1) is 39.6 Å². The summed E-state index contributed by atoms with van der Waals surface area (Å²) in [4.78, 5) is 0. The largest absolute Gasteiger partial charge is 0.394 e. The number of aliphatic hydroxyl groups is 1. The summed E-state index contributed by atoms with van der Waals surface area (Å²) in [6.45, 7) is 7.42. The smallest absolute Gasteiger partial charge is 0.0701 e. The number of hydrogen-bond donors (Lipinski definition) is 2. The molecule has 5 nitrogen and oxygen atoms in total. The molecule has 0 aromatic carbocycles. The molecule has 15 heavy (non-hydrogen) atoms. The van der Waals surface area contributed by atoms with Crippen LogP contribution in [0.3, 0.4) is 0 Å². The SMILES string of the molecule is CCOCCOCCNCCOCCO. The van der Waals surface area contributed by atoms with E-state index in [1.165, 1.54) is 0 Å². The number of hydrogen-bond acceptors (Lipinski definition) is 5. The summed E-state index contributed by atoms with van der Waals surface area (Å²) in [6, 6.07) is 0. The van der Waals surface area contributed by atoms with Crippen molar-refractivity contribution in [1.82, 2.24) is 5.32 Å². The minimum Gasteiger partial charge on any atom is -0.394 e. The van der Waals surface area contributed by atoms with Gasteiger partial charge in [-0.15, -0.1) is 0 Å². The van der Waals surface area contributed by atoms with E-state index < -0.39 is 0 Å². The summed E-state index contributed by atoms with van der Waals surface area (Å²) in [5.74, 6) is 0. The molecule has 92 valence electrons. The van der Waals surface area contributed by atoms with E-state index in [0.29, 0.717) is 33.0 Å². The van der Waals surface area contributed by atoms with Crippen LogP contribution < -0.4 is 5.32 Å². The van der Waals surface area contributed by atoms with Crippen LogP contribution in [0, 0.1) is 0 Å². The third-order valence-electron chi connectivity index (χ3n) is 1.66. The summed E-state index contributed by atoms with van der Waals surface area (Å²) in [5, 5.41) is 11.6. The molecule has 0 fully saturated rings.